The summed E-state index contributed by atoms with van der Waals surface area (Å²) in [6.07, 6.45) is 1.27. The minimum Gasteiger partial charge on any atom is -0.507 e. The summed E-state index contributed by atoms with van der Waals surface area (Å²) < 4.78 is 0. The van der Waals surface area contributed by atoms with Gasteiger partial charge < -0.3 is 5.11 Å². The molecule has 0 bridgehead atoms. The Morgan fingerprint density at radius 1 is 1.15 bits per heavy atom. The SMILES string of the molecule is Cc1ccccc1C(=O)Nc1nnc(CC(=O)N=Cc2ccccc2O)s1. The van der Waals surface area contributed by atoms with Gasteiger partial charge in [0, 0.05) is 17.3 Å². The zero-order valence-electron chi connectivity index (χ0n) is 14.4. The minimum atomic E-state index is -0.425. The molecule has 3 aromatic rings. The van der Waals surface area contributed by atoms with Crippen molar-refractivity contribution in [3.63, 3.8) is 0 Å². The predicted molar refractivity (Wildman–Crippen MR) is 103 cm³/mol. The summed E-state index contributed by atoms with van der Waals surface area (Å²) in [7, 11) is 0. The summed E-state index contributed by atoms with van der Waals surface area (Å²) in [6.45, 7) is 1.85. The minimum absolute atomic E-state index is 0.0397. The number of hydrogen-bond acceptors (Lipinski definition) is 6. The van der Waals surface area contributed by atoms with Gasteiger partial charge in [-0.3, -0.25) is 14.9 Å². The summed E-state index contributed by atoms with van der Waals surface area (Å²) in [6, 6.07) is 13.8. The molecule has 2 N–H and O–H groups in total. The van der Waals surface area contributed by atoms with Crippen molar-refractivity contribution in [2.45, 2.75) is 13.3 Å². The molecule has 1 heterocycles. The van der Waals surface area contributed by atoms with Crippen molar-refractivity contribution in [2.75, 3.05) is 5.32 Å². The first-order chi connectivity index (χ1) is 13.0. The van der Waals surface area contributed by atoms with Crippen LogP contribution in [0.3, 0.4) is 0 Å². The van der Waals surface area contributed by atoms with Crippen LogP contribution in [0.15, 0.2) is 53.5 Å². The zero-order valence-corrected chi connectivity index (χ0v) is 15.2. The van der Waals surface area contributed by atoms with E-state index in [1.165, 1.54) is 12.3 Å². The lowest BCUT2D eigenvalue weighted by molar-refractivity contribution is -0.117. The number of aliphatic imine (C=N–C) groups is 1. The van der Waals surface area contributed by atoms with Crippen LogP contribution in [0.5, 0.6) is 5.75 Å². The van der Waals surface area contributed by atoms with Gasteiger partial charge in [0.05, 0.1) is 6.42 Å². The van der Waals surface area contributed by atoms with Gasteiger partial charge in [-0.25, -0.2) is 4.99 Å². The molecule has 0 radical (unpaired) electrons. The first kappa shape index (κ1) is 18.4. The maximum atomic E-state index is 12.3. The normalized spacial score (nSPS) is 10.9. The summed E-state index contributed by atoms with van der Waals surface area (Å²) in [5.74, 6) is -0.656. The molecule has 0 atom stereocenters. The van der Waals surface area contributed by atoms with E-state index in [9.17, 15) is 14.7 Å². The van der Waals surface area contributed by atoms with Crippen LogP contribution in [-0.4, -0.2) is 33.3 Å². The fraction of sp³-hybridized carbons (Fsp3) is 0.105. The lowest BCUT2D eigenvalue weighted by Gasteiger charge is -2.03. The summed E-state index contributed by atoms with van der Waals surface area (Å²) in [5, 5.41) is 20.9. The molecule has 136 valence electrons. The van der Waals surface area contributed by atoms with Gasteiger partial charge in [0.15, 0.2) is 0 Å². The van der Waals surface area contributed by atoms with Crippen LogP contribution in [0.1, 0.15) is 26.5 Å². The first-order valence-corrected chi connectivity index (χ1v) is 8.89. The van der Waals surface area contributed by atoms with Crippen molar-refractivity contribution in [3.8, 4) is 5.75 Å². The lowest BCUT2D eigenvalue weighted by atomic mass is 10.1. The van der Waals surface area contributed by atoms with Crippen molar-refractivity contribution in [2.24, 2.45) is 4.99 Å². The number of carbonyl (C=O) groups is 2. The van der Waals surface area contributed by atoms with E-state index >= 15 is 0 Å². The Labute approximate surface area is 159 Å². The van der Waals surface area contributed by atoms with Gasteiger partial charge in [-0.1, -0.05) is 41.7 Å². The van der Waals surface area contributed by atoms with E-state index in [0.717, 1.165) is 16.9 Å². The van der Waals surface area contributed by atoms with Crippen molar-refractivity contribution in [3.05, 3.63) is 70.2 Å². The first-order valence-electron chi connectivity index (χ1n) is 8.07. The fourth-order valence-electron chi connectivity index (χ4n) is 2.28. The highest BCUT2D eigenvalue weighted by molar-refractivity contribution is 7.15. The monoisotopic (exact) mass is 380 g/mol. The maximum absolute atomic E-state index is 12.3. The highest BCUT2D eigenvalue weighted by atomic mass is 32.1. The van der Waals surface area contributed by atoms with Crippen LogP contribution < -0.4 is 5.32 Å². The number of hydrogen-bond donors (Lipinski definition) is 2. The van der Waals surface area contributed by atoms with Gasteiger partial charge in [0.2, 0.25) is 5.13 Å². The Hall–Kier alpha value is -3.39. The quantitative estimate of drug-likeness (QED) is 0.662. The number of aromatic hydroxyl groups is 1. The number of aromatic nitrogens is 2. The number of phenols is 1. The van der Waals surface area contributed by atoms with Gasteiger partial charge in [-0.15, -0.1) is 10.2 Å². The molecular weight excluding hydrogens is 364 g/mol. The van der Waals surface area contributed by atoms with Crippen LogP contribution in [0, 0.1) is 6.92 Å². The number of carbonyl (C=O) groups excluding carboxylic acids is 2. The zero-order chi connectivity index (χ0) is 19.2. The second-order valence-electron chi connectivity index (χ2n) is 5.66. The molecule has 2 amide bonds. The molecule has 3 rings (SSSR count). The molecule has 0 aliphatic heterocycles. The van der Waals surface area contributed by atoms with Crippen LogP contribution in [0.4, 0.5) is 5.13 Å². The third-order valence-electron chi connectivity index (χ3n) is 3.66. The van der Waals surface area contributed by atoms with Gasteiger partial charge >= 0.3 is 0 Å². The summed E-state index contributed by atoms with van der Waals surface area (Å²) >= 11 is 1.12. The van der Waals surface area contributed by atoms with E-state index in [4.69, 9.17) is 0 Å². The molecule has 0 spiro atoms. The number of aryl methyl sites for hydroxylation is 1. The van der Waals surface area contributed by atoms with Crippen LogP contribution >= 0.6 is 11.3 Å². The standard InChI is InChI=1S/C19H16N4O3S/c1-12-6-2-4-8-14(12)18(26)21-19-23-22-17(27-19)10-16(25)20-11-13-7-3-5-9-15(13)24/h2-9,11,24H,10H2,1H3,(H,21,23,26). The third-order valence-corrected chi connectivity index (χ3v) is 4.50. The van der Waals surface area contributed by atoms with E-state index < -0.39 is 5.91 Å². The molecule has 8 heteroatoms. The number of para-hydroxylation sites is 1. The molecule has 0 unspecified atom stereocenters. The Bertz CT molecular complexity index is 1010. The number of phenolic OH excluding ortho intramolecular Hbond substituents is 1. The average molecular weight is 380 g/mol. The van der Waals surface area contributed by atoms with Gasteiger partial charge in [-0.05, 0) is 30.7 Å². The second-order valence-corrected chi connectivity index (χ2v) is 6.72. The molecular formula is C19H16N4O3S. The number of nitrogens with zero attached hydrogens (tertiary/aromatic N) is 3. The number of anilines is 1. The van der Waals surface area contributed by atoms with Gasteiger partial charge in [0.1, 0.15) is 10.8 Å². The molecule has 0 aliphatic carbocycles. The van der Waals surface area contributed by atoms with Crippen LogP contribution in [0.25, 0.3) is 0 Å². The summed E-state index contributed by atoms with van der Waals surface area (Å²) in [5.41, 5.74) is 1.86. The van der Waals surface area contributed by atoms with E-state index in [2.05, 4.69) is 20.5 Å². The Balaban J connectivity index is 1.61. The molecule has 27 heavy (non-hydrogen) atoms. The maximum Gasteiger partial charge on any atom is 0.257 e. The Kier molecular flexibility index (Phi) is 5.68. The average Bonchev–Trinajstić information content (AvgIpc) is 3.08. The van der Waals surface area contributed by atoms with E-state index in [-0.39, 0.29) is 18.1 Å². The van der Waals surface area contributed by atoms with E-state index in [0.29, 0.717) is 21.3 Å². The van der Waals surface area contributed by atoms with Crippen molar-refractivity contribution in [1.82, 2.24) is 10.2 Å². The van der Waals surface area contributed by atoms with Crippen molar-refractivity contribution in [1.29, 1.82) is 0 Å². The largest absolute Gasteiger partial charge is 0.507 e. The number of nitrogens with one attached hydrogen (secondary N) is 1. The molecule has 0 saturated carbocycles. The van der Waals surface area contributed by atoms with Gasteiger partial charge in [-0.2, -0.15) is 0 Å². The lowest BCUT2D eigenvalue weighted by Crippen LogP contribution is -2.12. The molecule has 0 fully saturated rings. The van der Waals surface area contributed by atoms with E-state index in [1.54, 1.807) is 30.3 Å². The molecule has 1 aromatic heterocycles. The van der Waals surface area contributed by atoms with Crippen LogP contribution in [0.2, 0.25) is 0 Å². The van der Waals surface area contributed by atoms with Crippen LogP contribution in [-0.2, 0) is 11.2 Å². The highest BCUT2D eigenvalue weighted by Gasteiger charge is 2.13. The molecule has 7 nitrogen and oxygen atoms in total. The van der Waals surface area contributed by atoms with Crippen molar-refractivity contribution >= 4 is 34.5 Å². The molecule has 0 saturated heterocycles. The topological polar surface area (TPSA) is 105 Å². The smallest absolute Gasteiger partial charge is 0.257 e. The Morgan fingerprint density at radius 2 is 1.89 bits per heavy atom. The summed E-state index contributed by atoms with van der Waals surface area (Å²) in [4.78, 5) is 28.0. The fourth-order valence-corrected chi connectivity index (χ4v) is 3.01. The Morgan fingerprint density at radius 3 is 2.67 bits per heavy atom. The highest BCUT2D eigenvalue weighted by Crippen LogP contribution is 2.18. The van der Waals surface area contributed by atoms with E-state index in [1.807, 2.05) is 19.1 Å². The number of rotatable bonds is 5. The number of benzene rings is 2. The van der Waals surface area contributed by atoms with Crippen molar-refractivity contribution < 1.29 is 14.7 Å². The van der Waals surface area contributed by atoms with Gasteiger partial charge in [0.25, 0.3) is 11.8 Å². The number of amides is 2. The molecule has 2 aromatic carbocycles. The molecule has 0 aliphatic rings. The predicted octanol–water partition coefficient (Wildman–Crippen LogP) is 2.99. The third kappa shape index (κ3) is 4.83. The second kappa shape index (κ2) is 8.33.